The fourth-order valence-electron chi connectivity index (χ4n) is 7.30. The largest absolute Gasteiger partial charge is 0.469 e. The Morgan fingerprint density at radius 3 is 1.86 bits per heavy atom. The molecule has 4 N–H and O–H groups in total. The second-order valence-corrected chi connectivity index (χ2v) is 17.9. The predicted octanol–water partition coefficient (Wildman–Crippen LogP) is 10.4. The topological polar surface area (TPSA) is 177 Å². The summed E-state index contributed by atoms with van der Waals surface area (Å²) in [5.74, 6) is -0.963. The van der Waals surface area contributed by atoms with Crippen molar-refractivity contribution in [3.05, 3.63) is 24.3 Å². The van der Waals surface area contributed by atoms with E-state index in [0.29, 0.717) is 32.1 Å². The lowest BCUT2D eigenvalue weighted by atomic mass is 9.90. The molecule has 0 radical (unpaired) electrons. The van der Waals surface area contributed by atoms with E-state index in [0.717, 1.165) is 44.4 Å². The molecule has 332 valence electrons. The zero-order valence-corrected chi connectivity index (χ0v) is 36.8. The number of aliphatic hydroxyl groups excluding tert-OH is 2. The van der Waals surface area contributed by atoms with Crippen LogP contribution in [0.25, 0.3) is 0 Å². The Morgan fingerprint density at radius 1 is 0.754 bits per heavy atom. The quantitative estimate of drug-likeness (QED) is 0.0203. The smallest absolute Gasteiger partial charge is 0.462 e. The van der Waals surface area contributed by atoms with Crippen LogP contribution < -0.4 is 0 Å². The Morgan fingerprint density at radius 2 is 1.30 bits per heavy atom. The number of rotatable bonds is 37. The molecular weight excluding hydrogens is 747 g/mol. The van der Waals surface area contributed by atoms with Crippen molar-refractivity contribution in [2.75, 3.05) is 13.2 Å². The van der Waals surface area contributed by atoms with Gasteiger partial charge in [0.1, 0.15) is 12.4 Å². The maximum Gasteiger partial charge on any atom is 0.469 e. The van der Waals surface area contributed by atoms with Crippen LogP contribution >= 0.6 is 7.82 Å². The Kier molecular flexibility index (Phi) is 31.6. The molecular formula is C45H81O11P. The highest BCUT2D eigenvalue weighted by Gasteiger charge is 2.39. The minimum absolute atomic E-state index is 0.00547. The van der Waals surface area contributed by atoms with Crippen molar-refractivity contribution in [1.29, 1.82) is 0 Å². The van der Waals surface area contributed by atoms with E-state index in [1.54, 1.807) is 12.2 Å². The molecule has 0 aromatic carbocycles. The minimum Gasteiger partial charge on any atom is -0.462 e. The summed E-state index contributed by atoms with van der Waals surface area (Å²) in [5, 5.41) is 20.6. The van der Waals surface area contributed by atoms with Crippen LogP contribution in [0.5, 0.6) is 0 Å². The summed E-state index contributed by atoms with van der Waals surface area (Å²) in [7, 11) is -4.82. The summed E-state index contributed by atoms with van der Waals surface area (Å²) >= 11 is 0. The summed E-state index contributed by atoms with van der Waals surface area (Å²) in [6.45, 7) is 5.71. The summed E-state index contributed by atoms with van der Waals surface area (Å²) in [6.07, 6.45) is 31.2. The van der Waals surface area contributed by atoms with Crippen LogP contribution in [0.2, 0.25) is 0 Å². The van der Waals surface area contributed by atoms with Crippen LogP contribution in [0.3, 0.4) is 0 Å². The Labute approximate surface area is 345 Å². The number of hydrogen-bond donors (Lipinski definition) is 4. The van der Waals surface area contributed by atoms with Crippen LogP contribution in [0.1, 0.15) is 194 Å². The van der Waals surface area contributed by atoms with Gasteiger partial charge in [-0.15, -0.1) is 0 Å². The van der Waals surface area contributed by atoms with Gasteiger partial charge in [0.05, 0.1) is 18.8 Å². The third-order valence-corrected chi connectivity index (χ3v) is 11.3. The van der Waals surface area contributed by atoms with Crippen molar-refractivity contribution in [1.82, 2.24) is 0 Å². The average molecular weight is 829 g/mol. The van der Waals surface area contributed by atoms with Gasteiger partial charge < -0.3 is 29.5 Å². The molecule has 0 aromatic heterocycles. The molecule has 1 aliphatic carbocycles. The van der Waals surface area contributed by atoms with Gasteiger partial charge >= 0.3 is 19.8 Å². The van der Waals surface area contributed by atoms with E-state index in [9.17, 15) is 29.2 Å². The Balaban J connectivity index is 2.23. The van der Waals surface area contributed by atoms with Gasteiger partial charge in [-0.2, -0.15) is 0 Å². The van der Waals surface area contributed by atoms with Gasteiger partial charge in [-0.1, -0.05) is 167 Å². The van der Waals surface area contributed by atoms with E-state index in [1.165, 1.54) is 83.5 Å². The number of phosphoric ester groups is 1. The summed E-state index contributed by atoms with van der Waals surface area (Å²) in [4.78, 5) is 55.6. The summed E-state index contributed by atoms with van der Waals surface area (Å²) < 4.78 is 26.4. The molecule has 0 bridgehead atoms. The third kappa shape index (κ3) is 30.8. The van der Waals surface area contributed by atoms with Gasteiger partial charge in [-0.3, -0.25) is 18.9 Å². The molecule has 0 amide bonds. The highest BCUT2D eigenvalue weighted by molar-refractivity contribution is 7.46. The molecule has 1 aliphatic rings. The number of unbranched alkanes of at least 4 members (excludes halogenated alkanes) is 18. The molecule has 1 saturated carbocycles. The van der Waals surface area contributed by atoms with E-state index in [-0.39, 0.29) is 43.5 Å². The van der Waals surface area contributed by atoms with E-state index >= 15 is 0 Å². The molecule has 1 fully saturated rings. The molecule has 0 heterocycles. The van der Waals surface area contributed by atoms with E-state index in [4.69, 9.17) is 19.3 Å². The first-order valence-corrected chi connectivity index (χ1v) is 24.1. The van der Waals surface area contributed by atoms with Crippen molar-refractivity contribution in [2.45, 2.75) is 212 Å². The number of carbonyl (C=O) groups is 3. The molecule has 0 aliphatic heterocycles. The Bertz CT molecular complexity index is 1150. The van der Waals surface area contributed by atoms with Gasteiger partial charge in [0, 0.05) is 31.1 Å². The van der Waals surface area contributed by atoms with Crippen molar-refractivity contribution >= 4 is 25.5 Å². The monoisotopic (exact) mass is 829 g/mol. The lowest BCUT2D eigenvalue weighted by Crippen LogP contribution is -2.29. The number of Topliss-reactive ketones (excluding diaryl/α,β-unsaturated/α-hetero) is 1. The molecule has 57 heavy (non-hydrogen) atoms. The minimum atomic E-state index is -4.82. The second kappa shape index (κ2) is 33.9. The van der Waals surface area contributed by atoms with Gasteiger partial charge in [-0.05, 0) is 38.0 Å². The van der Waals surface area contributed by atoms with Crippen LogP contribution in [0, 0.1) is 17.8 Å². The van der Waals surface area contributed by atoms with Gasteiger partial charge in [0.25, 0.3) is 0 Å². The van der Waals surface area contributed by atoms with Gasteiger partial charge in [0.15, 0.2) is 6.10 Å². The zero-order chi connectivity index (χ0) is 42.2. The zero-order valence-electron chi connectivity index (χ0n) is 35.9. The number of phosphoric acid groups is 1. The third-order valence-electron chi connectivity index (χ3n) is 10.8. The SMILES string of the molecule is CCCCC[C@H](O)/C=C/[C@H]1[C@H](O)CC(=O)[C@@H]1C/C=C\CCCC(=O)OC[C@H](COP(=O)(O)O)OC(=O)CCCCCCCCCCCCCCCCCCC(C)C. The predicted molar refractivity (Wildman–Crippen MR) is 226 cm³/mol. The maximum absolute atomic E-state index is 12.5. The maximum atomic E-state index is 12.5. The molecule has 1 rings (SSSR count). The number of esters is 2. The average Bonchev–Trinajstić information content (AvgIpc) is 3.42. The number of ketones is 1. The van der Waals surface area contributed by atoms with Crippen LogP contribution in [-0.2, 0) is 32.9 Å². The first-order valence-electron chi connectivity index (χ1n) is 22.6. The molecule has 0 saturated heterocycles. The number of allylic oxidation sites excluding steroid dienone is 2. The van der Waals surface area contributed by atoms with Crippen molar-refractivity contribution < 1.29 is 52.9 Å². The lowest BCUT2D eigenvalue weighted by molar-refractivity contribution is -0.161. The van der Waals surface area contributed by atoms with Crippen LogP contribution in [0.15, 0.2) is 24.3 Å². The first kappa shape index (κ1) is 53.1. The highest BCUT2D eigenvalue weighted by Crippen LogP contribution is 2.36. The molecule has 11 nitrogen and oxygen atoms in total. The van der Waals surface area contributed by atoms with Crippen molar-refractivity contribution in [2.24, 2.45) is 17.8 Å². The van der Waals surface area contributed by atoms with Crippen molar-refractivity contribution in [3.8, 4) is 0 Å². The molecule has 5 atom stereocenters. The molecule has 0 aromatic rings. The number of carbonyl (C=O) groups excluding carboxylic acids is 3. The van der Waals surface area contributed by atoms with Gasteiger partial charge in [-0.25, -0.2) is 4.57 Å². The molecule has 0 spiro atoms. The highest BCUT2D eigenvalue weighted by atomic mass is 31.2. The van der Waals surface area contributed by atoms with E-state index < -0.39 is 44.7 Å². The summed E-state index contributed by atoms with van der Waals surface area (Å²) in [6, 6.07) is 0. The van der Waals surface area contributed by atoms with Crippen LogP contribution in [-0.4, -0.2) is 69.2 Å². The van der Waals surface area contributed by atoms with Crippen molar-refractivity contribution in [3.63, 3.8) is 0 Å². The Hall–Kier alpha value is -1.88. The number of aliphatic hydroxyl groups is 2. The normalized spacial score (nSPS) is 18.6. The second-order valence-electron chi connectivity index (χ2n) is 16.6. The lowest BCUT2D eigenvalue weighted by Gasteiger charge is -2.18. The fourth-order valence-corrected chi connectivity index (χ4v) is 7.67. The molecule has 12 heteroatoms. The van der Waals surface area contributed by atoms with Crippen LogP contribution in [0.4, 0.5) is 0 Å². The summed E-state index contributed by atoms with van der Waals surface area (Å²) in [5.41, 5.74) is 0. The van der Waals surface area contributed by atoms with E-state index in [2.05, 4.69) is 25.3 Å². The number of hydrogen-bond acceptors (Lipinski definition) is 9. The molecule has 0 unspecified atom stereocenters. The first-order chi connectivity index (χ1) is 27.3. The standard InChI is InChI=1S/C45H81O11P/c1-4-5-22-28-38(46)32-33-41-40(42(47)34-43(41)48)29-24-20-21-25-30-44(49)54-35-39(36-55-57(51,52)53)56-45(50)31-26-19-17-15-13-11-9-7-6-8-10-12-14-16-18-23-27-37(2)3/h20,24,32-33,37-41,43,46,48H,4-19,21-23,25-31,34-36H2,1-3H3,(H2,51,52,53)/b24-20-,33-32+/t38-,39+,40+,41+,43+/m0/s1. The fraction of sp³-hybridized carbons (Fsp3) is 0.844. The van der Waals surface area contributed by atoms with Gasteiger partial charge in [0.2, 0.25) is 0 Å². The van der Waals surface area contributed by atoms with E-state index in [1.807, 2.05) is 12.2 Å². The number of ether oxygens (including phenoxy) is 2.